The molecular formula is C20H29N3O2. The second kappa shape index (κ2) is 6.94. The summed E-state index contributed by atoms with van der Waals surface area (Å²) in [7, 11) is 1.59. The van der Waals surface area contributed by atoms with E-state index >= 15 is 0 Å². The SMILES string of the molecule is COc1ccc(C(=O)N2CCCC3(CCCN(CC4CC4)C3)C2)cn1. The zero-order chi connectivity index (χ0) is 17.3. The van der Waals surface area contributed by atoms with Crippen LogP contribution in [0.2, 0.25) is 0 Å². The monoisotopic (exact) mass is 343 g/mol. The van der Waals surface area contributed by atoms with E-state index in [0.29, 0.717) is 16.9 Å². The lowest BCUT2D eigenvalue weighted by Crippen LogP contribution is -2.53. The molecule has 1 unspecified atom stereocenters. The Morgan fingerprint density at radius 1 is 1.24 bits per heavy atom. The molecule has 2 aliphatic heterocycles. The molecule has 1 spiro atoms. The van der Waals surface area contributed by atoms with E-state index in [1.54, 1.807) is 19.4 Å². The molecule has 2 saturated heterocycles. The van der Waals surface area contributed by atoms with Crippen molar-refractivity contribution in [3.8, 4) is 5.88 Å². The molecule has 1 atom stereocenters. The molecule has 5 heteroatoms. The summed E-state index contributed by atoms with van der Waals surface area (Å²) in [6, 6.07) is 3.60. The molecule has 1 amide bonds. The molecule has 3 fully saturated rings. The highest BCUT2D eigenvalue weighted by Crippen LogP contribution is 2.40. The maximum Gasteiger partial charge on any atom is 0.255 e. The summed E-state index contributed by atoms with van der Waals surface area (Å²) in [5.41, 5.74) is 0.976. The van der Waals surface area contributed by atoms with Gasteiger partial charge in [0.1, 0.15) is 0 Å². The largest absolute Gasteiger partial charge is 0.481 e. The van der Waals surface area contributed by atoms with Gasteiger partial charge in [0.15, 0.2) is 0 Å². The third-order valence-electron chi connectivity index (χ3n) is 6.09. The molecule has 136 valence electrons. The van der Waals surface area contributed by atoms with Crippen LogP contribution in [0.25, 0.3) is 0 Å². The second-order valence-electron chi connectivity index (χ2n) is 8.20. The lowest BCUT2D eigenvalue weighted by atomic mass is 9.73. The number of hydrogen-bond donors (Lipinski definition) is 0. The van der Waals surface area contributed by atoms with Gasteiger partial charge in [-0.25, -0.2) is 4.98 Å². The molecule has 4 rings (SSSR count). The Hall–Kier alpha value is -1.62. The number of amides is 1. The lowest BCUT2D eigenvalue weighted by Gasteiger charge is -2.48. The van der Waals surface area contributed by atoms with E-state index in [-0.39, 0.29) is 5.91 Å². The summed E-state index contributed by atoms with van der Waals surface area (Å²) in [6.45, 7) is 5.47. The Morgan fingerprint density at radius 2 is 2.04 bits per heavy atom. The molecule has 0 bridgehead atoms. The van der Waals surface area contributed by atoms with Crippen molar-refractivity contribution in [1.82, 2.24) is 14.8 Å². The van der Waals surface area contributed by atoms with Crippen LogP contribution in [0.3, 0.4) is 0 Å². The van der Waals surface area contributed by atoms with Gasteiger partial charge in [-0.2, -0.15) is 0 Å². The van der Waals surface area contributed by atoms with E-state index in [0.717, 1.165) is 25.4 Å². The zero-order valence-electron chi connectivity index (χ0n) is 15.2. The van der Waals surface area contributed by atoms with Gasteiger partial charge >= 0.3 is 0 Å². The van der Waals surface area contributed by atoms with Crippen LogP contribution >= 0.6 is 0 Å². The van der Waals surface area contributed by atoms with E-state index < -0.39 is 0 Å². The van der Waals surface area contributed by atoms with E-state index in [1.807, 2.05) is 6.07 Å². The molecule has 3 heterocycles. The Kier molecular flexibility index (Phi) is 4.67. The molecule has 0 aromatic carbocycles. The molecule has 1 saturated carbocycles. The van der Waals surface area contributed by atoms with Gasteiger partial charge in [0.25, 0.3) is 5.91 Å². The molecular weight excluding hydrogens is 314 g/mol. The first-order valence-corrected chi connectivity index (χ1v) is 9.69. The van der Waals surface area contributed by atoms with Crippen LogP contribution in [0.1, 0.15) is 48.9 Å². The highest BCUT2D eigenvalue weighted by atomic mass is 16.5. The van der Waals surface area contributed by atoms with Gasteiger partial charge in [-0.15, -0.1) is 0 Å². The van der Waals surface area contributed by atoms with Crippen molar-refractivity contribution >= 4 is 5.91 Å². The van der Waals surface area contributed by atoms with Gasteiger partial charge in [0.05, 0.1) is 12.7 Å². The first-order valence-electron chi connectivity index (χ1n) is 9.69. The molecule has 25 heavy (non-hydrogen) atoms. The third kappa shape index (κ3) is 3.81. The van der Waals surface area contributed by atoms with E-state index in [2.05, 4.69) is 14.8 Å². The van der Waals surface area contributed by atoms with Gasteiger partial charge in [-0.1, -0.05) is 0 Å². The summed E-state index contributed by atoms with van der Waals surface area (Å²) in [5, 5.41) is 0. The van der Waals surface area contributed by atoms with Gasteiger partial charge < -0.3 is 14.5 Å². The molecule has 0 radical (unpaired) electrons. The first-order chi connectivity index (χ1) is 12.2. The van der Waals surface area contributed by atoms with E-state index in [4.69, 9.17) is 4.74 Å². The van der Waals surface area contributed by atoms with Crippen LogP contribution < -0.4 is 4.74 Å². The predicted octanol–water partition coefficient (Wildman–Crippen LogP) is 2.82. The Bertz CT molecular complexity index is 610. The summed E-state index contributed by atoms with van der Waals surface area (Å²) in [6.07, 6.45) is 9.39. The maximum absolute atomic E-state index is 12.9. The minimum Gasteiger partial charge on any atom is -0.481 e. The topological polar surface area (TPSA) is 45.7 Å². The molecule has 0 N–H and O–H groups in total. The fourth-order valence-corrected chi connectivity index (χ4v) is 4.66. The van der Waals surface area contributed by atoms with Crippen molar-refractivity contribution in [2.24, 2.45) is 11.3 Å². The van der Waals surface area contributed by atoms with Gasteiger partial charge in [-0.05, 0) is 57.1 Å². The fraction of sp³-hybridized carbons (Fsp3) is 0.700. The van der Waals surface area contributed by atoms with Crippen molar-refractivity contribution in [3.05, 3.63) is 23.9 Å². The number of rotatable bonds is 4. The van der Waals surface area contributed by atoms with Gasteiger partial charge in [-0.3, -0.25) is 4.79 Å². The average molecular weight is 343 g/mol. The van der Waals surface area contributed by atoms with Crippen LogP contribution in [-0.2, 0) is 0 Å². The van der Waals surface area contributed by atoms with Crippen molar-refractivity contribution in [1.29, 1.82) is 0 Å². The van der Waals surface area contributed by atoms with Crippen molar-refractivity contribution in [2.45, 2.75) is 38.5 Å². The smallest absolute Gasteiger partial charge is 0.255 e. The molecule has 5 nitrogen and oxygen atoms in total. The first kappa shape index (κ1) is 16.8. The summed E-state index contributed by atoms with van der Waals surface area (Å²) < 4.78 is 5.09. The number of methoxy groups -OCH3 is 1. The molecule has 3 aliphatic rings. The van der Waals surface area contributed by atoms with Crippen LogP contribution in [0.15, 0.2) is 18.3 Å². The van der Waals surface area contributed by atoms with Crippen LogP contribution in [0, 0.1) is 11.3 Å². The summed E-state index contributed by atoms with van der Waals surface area (Å²) in [5.74, 6) is 1.62. The van der Waals surface area contributed by atoms with Crippen molar-refractivity contribution in [3.63, 3.8) is 0 Å². The summed E-state index contributed by atoms with van der Waals surface area (Å²) in [4.78, 5) is 21.9. The van der Waals surface area contributed by atoms with E-state index in [1.165, 1.54) is 51.7 Å². The molecule has 1 aromatic heterocycles. The van der Waals surface area contributed by atoms with E-state index in [9.17, 15) is 4.79 Å². The third-order valence-corrected chi connectivity index (χ3v) is 6.09. The quantitative estimate of drug-likeness (QED) is 0.843. The highest BCUT2D eigenvalue weighted by molar-refractivity contribution is 5.94. The lowest BCUT2D eigenvalue weighted by molar-refractivity contribution is 0.0124. The Balaban J connectivity index is 1.43. The van der Waals surface area contributed by atoms with Crippen LogP contribution in [-0.4, -0.2) is 60.5 Å². The summed E-state index contributed by atoms with van der Waals surface area (Å²) >= 11 is 0. The number of aromatic nitrogens is 1. The minimum atomic E-state index is 0.119. The van der Waals surface area contributed by atoms with Crippen LogP contribution in [0.5, 0.6) is 5.88 Å². The number of hydrogen-bond acceptors (Lipinski definition) is 4. The zero-order valence-corrected chi connectivity index (χ0v) is 15.2. The van der Waals surface area contributed by atoms with Gasteiger partial charge in [0.2, 0.25) is 5.88 Å². The number of carbonyl (C=O) groups is 1. The molecule has 1 aliphatic carbocycles. The molecule has 1 aromatic rings. The predicted molar refractivity (Wildman–Crippen MR) is 96.8 cm³/mol. The standard InChI is InChI=1S/C20H29N3O2/c1-25-18-7-6-17(12-21-18)19(24)23-11-3-9-20(15-23)8-2-10-22(14-20)13-16-4-5-16/h6-7,12,16H,2-5,8-11,13-15H2,1H3. The number of carbonyl (C=O) groups excluding carboxylic acids is 1. The number of likely N-dealkylation sites (tertiary alicyclic amines) is 2. The fourth-order valence-electron chi connectivity index (χ4n) is 4.66. The highest BCUT2D eigenvalue weighted by Gasteiger charge is 2.41. The maximum atomic E-state index is 12.9. The second-order valence-corrected chi connectivity index (χ2v) is 8.20. The average Bonchev–Trinajstić information content (AvgIpc) is 3.45. The van der Waals surface area contributed by atoms with Crippen LogP contribution in [0.4, 0.5) is 0 Å². The van der Waals surface area contributed by atoms with Crippen molar-refractivity contribution in [2.75, 3.05) is 39.8 Å². The Morgan fingerprint density at radius 3 is 2.72 bits per heavy atom. The minimum absolute atomic E-state index is 0.119. The number of piperidine rings is 2. The Labute approximate surface area is 150 Å². The normalized spacial score (nSPS) is 27.5. The van der Waals surface area contributed by atoms with Gasteiger partial charge in [0, 0.05) is 43.9 Å². The number of nitrogens with zero attached hydrogens (tertiary/aromatic N) is 3. The van der Waals surface area contributed by atoms with Crippen molar-refractivity contribution < 1.29 is 9.53 Å². The number of pyridine rings is 1. The number of ether oxygens (including phenoxy) is 1.